The Morgan fingerprint density at radius 2 is 1.38 bits per heavy atom. The first-order valence-corrected chi connectivity index (χ1v) is 3.11. The van der Waals surface area contributed by atoms with Crippen molar-refractivity contribution >= 4 is 0 Å². The Kier molecular flexibility index (Phi) is 21.3. The zero-order valence-electron chi connectivity index (χ0n) is 6.11. The van der Waals surface area contributed by atoms with E-state index in [1.165, 1.54) is 0 Å². The summed E-state index contributed by atoms with van der Waals surface area (Å²) in [7, 11) is 0. The molecule has 0 fully saturated rings. The largest absolute Gasteiger partial charge is 0.382 e. The van der Waals surface area contributed by atoms with Crippen LogP contribution in [0.1, 0.15) is 20.8 Å². The Balaban J connectivity index is 0. The molecule has 0 aromatic heterocycles. The van der Waals surface area contributed by atoms with Gasteiger partial charge in [0.05, 0.1) is 0 Å². The van der Waals surface area contributed by atoms with Crippen molar-refractivity contribution in [1.29, 1.82) is 0 Å². The molecule has 0 bridgehead atoms. The summed E-state index contributed by atoms with van der Waals surface area (Å²) in [4.78, 5) is 0. The fraction of sp³-hybridized carbons (Fsp3) is 1.00. The minimum Gasteiger partial charge on any atom is -0.382 e. The summed E-state index contributed by atoms with van der Waals surface area (Å²) in [6.07, 6.45) is 0. The molecule has 0 aliphatic heterocycles. The lowest BCUT2D eigenvalue weighted by Gasteiger charge is -1.86. The molecular weight excluding hydrogens is 102 g/mol. The molecule has 0 atom stereocenters. The van der Waals surface area contributed by atoms with Gasteiger partial charge in [0.2, 0.25) is 0 Å². The van der Waals surface area contributed by atoms with E-state index in [9.17, 15) is 0 Å². The van der Waals surface area contributed by atoms with E-state index in [4.69, 9.17) is 10.5 Å². The van der Waals surface area contributed by atoms with Crippen molar-refractivity contribution in [1.82, 2.24) is 0 Å². The summed E-state index contributed by atoms with van der Waals surface area (Å²) >= 11 is 0. The minimum atomic E-state index is 0.750. The average molecular weight is 119 g/mol. The molecule has 0 radical (unpaired) electrons. The number of ether oxygens (including phenoxy) is 1. The van der Waals surface area contributed by atoms with Crippen molar-refractivity contribution in [2.75, 3.05) is 19.8 Å². The molecule has 0 amide bonds. The molecule has 2 nitrogen and oxygen atoms in total. The summed E-state index contributed by atoms with van der Waals surface area (Å²) in [6, 6.07) is 0. The lowest BCUT2D eigenvalue weighted by Crippen LogP contribution is -1.87. The van der Waals surface area contributed by atoms with E-state index in [1.54, 1.807) is 0 Å². The predicted molar refractivity (Wildman–Crippen MR) is 36.9 cm³/mol. The smallest absolute Gasteiger partial charge is 0.0437 e. The molecule has 0 aliphatic rings. The molecule has 0 saturated carbocycles. The maximum atomic E-state index is 4.85. The second-order valence-corrected chi connectivity index (χ2v) is 1.19. The Morgan fingerprint density at radius 1 is 1.12 bits per heavy atom. The maximum absolute atomic E-state index is 4.85. The first-order chi connectivity index (χ1) is 3.83. The zero-order valence-corrected chi connectivity index (χ0v) is 6.11. The monoisotopic (exact) mass is 119 g/mol. The Hall–Kier alpha value is -0.0800. The van der Waals surface area contributed by atoms with Crippen molar-refractivity contribution in [3.8, 4) is 0 Å². The van der Waals surface area contributed by atoms with E-state index in [1.807, 2.05) is 20.8 Å². The van der Waals surface area contributed by atoms with Gasteiger partial charge in [0.25, 0.3) is 0 Å². The van der Waals surface area contributed by atoms with Crippen molar-refractivity contribution < 1.29 is 4.74 Å². The Morgan fingerprint density at radius 3 is 1.38 bits per heavy atom. The number of hydrogen-bond acceptors (Lipinski definition) is 2. The van der Waals surface area contributed by atoms with Gasteiger partial charge in [0.1, 0.15) is 0 Å². The van der Waals surface area contributed by atoms with Crippen LogP contribution in [0, 0.1) is 0 Å². The first kappa shape index (κ1) is 10.8. The molecule has 52 valence electrons. The van der Waals surface area contributed by atoms with Gasteiger partial charge in [-0.25, -0.2) is 0 Å². The van der Waals surface area contributed by atoms with Gasteiger partial charge in [0, 0.05) is 13.2 Å². The molecule has 0 aliphatic carbocycles. The summed E-state index contributed by atoms with van der Waals surface area (Å²) in [5.41, 5.74) is 4.85. The normalized spacial score (nSPS) is 7.50. The first-order valence-electron chi connectivity index (χ1n) is 3.11. The molecule has 0 unspecified atom stereocenters. The standard InChI is InChI=1S/C4H10O.C2H7N/c1-3-5-4-2;1-2-3/h3-4H2,1-2H3;2-3H2,1H3. The summed E-state index contributed by atoms with van der Waals surface area (Å²) < 4.78 is 4.83. The van der Waals surface area contributed by atoms with Gasteiger partial charge in [-0.2, -0.15) is 0 Å². The van der Waals surface area contributed by atoms with Crippen LogP contribution < -0.4 is 5.73 Å². The van der Waals surface area contributed by atoms with E-state index in [2.05, 4.69) is 0 Å². The molecule has 2 heteroatoms. The average Bonchev–Trinajstić information content (AvgIpc) is 1.71. The number of rotatable bonds is 2. The SMILES string of the molecule is CCN.CCOCC. The summed E-state index contributed by atoms with van der Waals surface area (Å²) in [5, 5.41) is 0. The van der Waals surface area contributed by atoms with Crippen molar-refractivity contribution in [2.24, 2.45) is 5.73 Å². The topological polar surface area (TPSA) is 35.2 Å². The molecule has 0 aromatic carbocycles. The fourth-order valence-electron chi connectivity index (χ4n) is 0.204. The molecule has 0 heterocycles. The highest BCUT2D eigenvalue weighted by atomic mass is 16.5. The van der Waals surface area contributed by atoms with Crippen molar-refractivity contribution in [3.05, 3.63) is 0 Å². The van der Waals surface area contributed by atoms with Crippen LogP contribution in [0.4, 0.5) is 0 Å². The van der Waals surface area contributed by atoms with E-state index in [0.717, 1.165) is 19.8 Å². The summed E-state index contributed by atoms with van der Waals surface area (Å²) in [5.74, 6) is 0. The molecule has 0 spiro atoms. The van der Waals surface area contributed by atoms with Crippen molar-refractivity contribution in [2.45, 2.75) is 20.8 Å². The molecule has 0 saturated heterocycles. The van der Waals surface area contributed by atoms with Gasteiger partial charge in [-0.05, 0) is 20.4 Å². The second kappa shape index (κ2) is 15.8. The predicted octanol–water partition coefficient (Wildman–Crippen LogP) is 1.01. The molecule has 8 heavy (non-hydrogen) atoms. The number of hydrogen-bond donors (Lipinski definition) is 1. The second-order valence-electron chi connectivity index (χ2n) is 1.19. The van der Waals surface area contributed by atoms with Gasteiger partial charge >= 0.3 is 0 Å². The Labute approximate surface area is 52.0 Å². The maximum Gasteiger partial charge on any atom is 0.0437 e. The van der Waals surface area contributed by atoms with E-state index >= 15 is 0 Å². The highest BCUT2D eigenvalue weighted by molar-refractivity contribution is 4.07. The fourth-order valence-corrected chi connectivity index (χ4v) is 0.204. The highest BCUT2D eigenvalue weighted by Gasteiger charge is 1.64. The third kappa shape index (κ3) is 38.9. The lowest BCUT2D eigenvalue weighted by molar-refractivity contribution is 0.162. The van der Waals surface area contributed by atoms with Crippen LogP contribution in [0.15, 0.2) is 0 Å². The van der Waals surface area contributed by atoms with Crippen LogP contribution in [-0.2, 0) is 4.74 Å². The lowest BCUT2D eigenvalue weighted by atomic mass is 10.8. The molecular formula is C6H17NO. The third-order valence-electron chi connectivity index (χ3n) is 0.408. The molecule has 0 rings (SSSR count). The van der Waals surface area contributed by atoms with Crippen LogP contribution in [0.3, 0.4) is 0 Å². The van der Waals surface area contributed by atoms with E-state index < -0.39 is 0 Å². The van der Waals surface area contributed by atoms with E-state index in [0.29, 0.717) is 0 Å². The quantitative estimate of drug-likeness (QED) is 0.588. The van der Waals surface area contributed by atoms with Gasteiger partial charge < -0.3 is 10.5 Å². The van der Waals surface area contributed by atoms with Gasteiger partial charge in [-0.3, -0.25) is 0 Å². The van der Waals surface area contributed by atoms with Gasteiger partial charge in [-0.15, -0.1) is 0 Å². The van der Waals surface area contributed by atoms with Crippen LogP contribution in [0.5, 0.6) is 0 Å². The number of nitrogens with two attached hydrogens (primary N) is 1. The van der Waals surface area contributed by atoms with E-state index in [-0.39, 0.29) is 0 Å². The van der Waals surface area contributed by atoms with Crippen LogP contribution in [0.25, 0.3) is 0 Å². The third-order valence-corrected chi connectivity index (χ3v) is 0.408. The molecule has 0 aromatic rings. The zero-order chi connectivity index (χ0) is 6.83. The van der Waals surface area contributed by atoms with Crippen LogP contribution in [-0.4, -0.2) is 19.8 Å². The summed E-state index contributed by atoms with van der Waals surface area (Å²) in [6.45, 7) is 8.32. The highest BCUT2D eigenvalue weighted by Crippen LogP contribution is 1.64. The minimum absolute atomic E-state index is 0.750. The van der Waals surface area contributed by atoms with Crippen LogP contribution >= 0.6 is 0 Å². The van der Waals surface area contributed by atoms with Crippen LogP contribution in [0.2, 0.25) is 0 Å². The Bertz CT molecular complexity index is 22.5. The van der Waals surface area contributed by atoms with Crippen molar-refractivity contribution in [3.63, 3.8) is 0 Å². The van der Waals surface area contributed by atoms with Gasteiger partial charge in [0.15, 0.2) is 0 Å². The molecule has 2 N–H and O–H groups in total. The van der Waals surface area contributed by atoms with Gasteiger partial charge in [-0.1, -0.05) is 6.92 Å².